The molecule has 0 spiro atoms. The van der Waals surface area contributed by atoms with Crippen LogP contribution in [0.4, 0.5) is 0 Å². The lowest BCUT2D eigenvalue weighted by Gasteiger charge is -2.12. The van der Waals surface area contributed by atoms with Gasteiger partial charge in [-0.25, -0.2) is 9.97 Å². The van der Waals surface area contributed by atoms with Gasteiger partial charge in [0.15, 0.2) is 0 Å². The van der Waals surface area contributed by atoms with Crippen LogP contribution in [0.15, 0.2) is 18.2 Å². The summed E-state index contributed by atoms with van der Waals surface area (Å²) >= 11 is 0. The Morgan fingerprint density at radius 3 is 2.71 bits per heavy atom. The molecule has 1 aromatic carbocycles. The largest absolute Gasteiger partial charge is 0.494 e. The summed E-state index contributed by atoms with van der Waals surface area (Å²) in [6, 6.07) is 5.87. The van der Waals surface area contributed by atoms with Gasteiger partial charge in [-0.15, -0.1) is 0 Å². The molecule has 4 nitrogen and oxygen atoms in total. The third-order valence-corrected chi connectivity index (χ3v) is 3.33. The first kappa shape index (κ1) is 10.5. The van der Waals surface area contributed by atoms with Crippen molar-refractivity contribution in [2.45, 2.75) is 25.3 Å². The molecular weight excluding hydrogens is 214 g/mol. The number of rotatable bonds is 2. The van der Waals surface area contributed by atoms with Crippen molar-refractivity contribution >= 4 is 10.9 Å². The molecule has 1 aromatic heterocycles. The number of para-hydroxylation sites is 1. The lowest BCUT2D eigenvalue weighted by molar-refractivity contribution is 0.418. The highest BCUT2D eigenvalue weighted by molar-refractivity contribution is 5.86. The molecule has 88 valence electrons. The number of hydrogen-bond donors (Lipinski definition) is 1. The number of ether oxygens (including phenoxy) is 1. The average molecular weight is 229 g/mol. The SMILES string of the molecule is COc1cccc2c(C)nc(C3(N)CC3)nc12. The summed E-state index contributed by atoms with van der Waals surface area (Å²) in [5.41, 5.74) is 7.66. The third-order valence-electron chi connectivity index (χ3n) is 3.33. The minimum Gasteiger partial charge on any atom is -0.494 e. The summed E-state index contributed by atoms with van der Waals surface area (Å²) in [7, 11) is 1.65. The van der Waals surface area contributed by atoms with Crippen molar-refractivity contribution in [1.82, 2.24) is 9.97 Å². The van der Waals surface area contributed by atoms with Crippen molar-refractivity contribution in [1.29, 1.82) is 0 Å². The van der Waals surface area contributed by atoms with Crippen molar-refractivity contribution in [2.75, 3.05) is 7.11 Å². The summed E-state index contributed by atoms with van der Waals surface area (Å²) in [6.45, 7) is 1.98. The molecule has 0 atom stereocenters. The van der Waals surface area contributed by atoms with E-state index in [9.17, 15) is 0 Å². The molecule has 3 rings (SSSR count). The van der Waals surface area contributed by atoms with E-state index < -0.39 is 0 Å². The van der Waals surface area contributed by atoms with Crippen LogP contribution in [0.5, 0.6) is 5.75 Å². The second-order valence-corrected chi connectivity index (χ2v) is 4.65. The van der Waals surface area contributed by atoms with Crippen molar-refractivity contribution in [3.05, 3.63) is 29.7 Å². The van der Waals surface area contributed by atoms with E-state index in [2.05, 4.69) is 9.97 Å². The Balaban J connectivity index is 2.30. The number of methoxy groups -OCH3 is 1. The zero-order chi connectivity index (χ0) is 12.0. The van der Waals surface area contributed by atoms with E-state index in [-0.39, 0.29) is 5.54 Å². The number of hydrogen-bond acceptors (Lipinski definition) is 4. The number of benzene rings is 1. The summed E-state index contributed by atoms with van der Waals surface area (Å²) in [4.78, 5) is 9.10. The van der Waals surface area contributed by atoms with Gasteiger partial charge in [0.25, 0.3) is 0 Å². The molecule has 2 N–H and O–H groups in total. The second-order valence-electron chi connectivity index (χ2n) is 4.65. The quantitative estimate of drug-likeness (QED) is 0.854. The normalized spacial score (nSPS) is 17.1. The maximum absolute atomic E-state index is 6.15. The van der Waals surface area contributed by atoms with Gasteiger partial charge in [0, 0.05) is 11.1 Å². The van der Waals surface area contributed by atoms with E-state index in [4.69, 9.17) is 10.5 Å². The molecule has 0 saturated heterocycles. The standard InChI is InChI=1S/C13H15N3O/c1-8-9-4-3-5-10(17-2)11(9)16-12(15-8)13(14)6-7-13/h3-5H,6-7,14H2,1-2H3. The van der Waals surface area contributed by atoms with Crippen LogP contribution >= 0.6 is 0 Å². The Morgan fingerprint density at radius 1 is 1.29 bits per heavy atom. The molecule has 1 saturated carbocycles. The molecule has 1 aliphatic rings. The van der Waals surface area contributed by atoms with E-state index in [0.29, 0.717) is 0 Å². The lowest BCUT2D eigenvalue weighted by atomic mass is 10.1. The fourth-order valence-electron chi connectivity index (χ4n) is 2.03. The van der Waals surface area contributed by atoms with Crippen LogP contribution in [0.1, 0.15) is 24.4 Å². The lowest BCUT2D eigenvalue weighted by Crippen LogP contribution is -2.22. The highest BCUT2D eigenvalue weighted by Crippen LogP contribution is 2.41. The summed E-state index contributed by atoms with van der Waals surface area (Å²) in [5.74, 6) is 1.52. The van der Waals surface area contributed by atoms with Crippen molar-refractivity contribution < 1.29 is 4.74 Å². The van der Waals surface area contributed by atoms with Gasteiger partial charge in [-0.1, -0.05) is 12.1 Å². The Hall–Kier alpha value is -1.68. The van der Waals surface area contributed by atoms with Gasteiger partial charge in [-0.05, 0) is 25.8 Å². The fourth-order valence-corrected chi connectivity index (χ4v) is 2.03. The number of fused-ring (bicyclic) bond motifs is 1. The van der Waals surface area contributed by atoms with E-state index in [1.165, 1.54) is 0 Å². The summed E-state index contributed by atoms with van der Waals surface area (Å²) in [6.07, 6.45) is 1.93. The minimum absolute atomic E-state index is 0.306. The number of aryl methyl sites for hydroxylation is 1. The highest BCUT2D eigenvalue weighted by Gasteiger charge is 2.43. The molecule has 1 heterocycles. The second kappa shape index (κ2) is 3.40. The van der Waals surface area contributed by atoms with Crippen LogP contribution in [0.2, 0.25) is 0 Å². The number of aromatic nitrogens is 2. The summed E-state index contributed by atoms with van der Waals surface area (Å²) < 4.78 is 5.34. The van der Waals surface area contributed by atoms with Crippen molar-refractivity contribution in [3.63, 3.8) is 0 Å². The van der Waals surface area contributed by atoms with Gasteiger partial charge in [0.2, 0.25) is 0 Å². The average Bonchev–Trinajstić information content (AvgIpc) is 3.08. The zero-order valence-electron chi connectivity index (χ0n) is 10.0. The number of nitrogens with zero attached hydrogens (tertiary/aromatic N) is 2. The molecule has 0 aliphatic heterocycles. The van der Waals surface area contributed by atoms with Crippen LogP contribution in [0.25, 0.3) is 10.9 Å². The topological polar surface area (TPSA) is 61.0 Å². The Morgan fingerprint density at radius 2 is 2.06 bits per heavy atom. The first-order chi connectivity index (χ1) is 8.14. The van der Waals surface area contributed by atoms with Crippen molar-refractivity contribution in [3.8, 4) is 5.75 Å². The predicted octanol–water partition coefficient (Wildman–Crippen LogP) is 1.89. The van der Waals surface area contributed by atoms with Gasteiger partial charge >= 0.3 is 0 Å². The molecule has 0 radical (unpaired) electrons. The molecule has 0 bridgehead atoms. The van der Waals surface area contributed by atoms with Gasteiger partial charge in [0.05, 0.1) is 12.6 Å². The van der Waals surface area contributed by atoms with Crippen LogP contribution in [0, 0.1) is 6.92 Å². The Labute approximate surface area is 99.8 Å². The molecule has 2 aromatic rings. The molecule has 1 fully saturated rings. The maximum Gasteiger partial charge on any atom is 0.149 e. The molecule has 1 aliphatic carbocycles. The van der Waals surface area contributed by atoms with E-state index in [0.717, 1.165) is 41.0 Å². The minimum atomic E-state index is -0.306. The van der Waals surface area contributed by atoms with E-state index in [1.807, 2.05) is 25.1 Å². The molecule has 17 heavy (non-hydrogen) atoms. The van der Waals surface area contributed by atoms with Crippen molar-refractivity contribution in [2.24, 2.45) is 5.73 Å². The van der Waals surface area contributed by atoms with Crippen LogP contribution in [0.3, 0.4) is 0 Å². The van der Waals surface area contributed by atoms with Crippen LogP contribution in [-0.2, 0) is 5.54 Å². The predicted molar refractivity (Wildman–Crippen MR) is 65.9 cm³/mol. The Kier molecular flexibility index (Phi) is 2.10. The van der Waals surface area contributed by atoms with Gasteiger partial charge < -0.3 is 10.5 Å². The zero-order valence-corrected chi connectivity index (χ0v) is 10.0. The van der Waals surface area contributed by atoms with Gasteiger partial charge in [0.1, 0.15) is 17.1 Å². The third kappa shape index (κ3) is 1.56. The molecule has 0 amide bonds. The van der Waals surface area contributed by atoms with Crippen LogP contribution < -0.4 is 10.5 Å². The monoisotopic (exact) mass is 229 g/mol. The Bertz CT molecular complexity index is 590. The maximum atomic E-state index is 6.15. The molecule has 0 unspecified atom stereocenters. The first-order valence-electron chi connectivity index (χ1n) is 5.75. The van der Waals surface area contributed by atoms with Gasteiger partial charge in [-0.2, -0.15) is 0 Å². The highest BCUT2D eigenvalue weighted by atomic mass is 16.5. The summed E-state index contributed by atoms with van der Waals surface area (Å²) in [5, 5.41) is 1.03. The van der Waals surface area contributed by atoms with E-state index >= 15 is 0 Å². The first-order valence-corrected chi connectivity index (χ1v) is 5.75. The van der Waals surface area contributed by atoms with E-state index in [1.54, 1.807) is 7.11 Å². The van der Waals surface area contributed by atoms with Gasteiger partial charge in [-0.3, -0.25) is 0 Å². The fraction of sp³-hybridized carbons (Fsp3) is 0.385. The molecular formula is C13H15N3O. The number of nitrogens with two attached hydrogens (primary N) is 1. The molecule has 4 heteroatoms. The smallest absolute Gasteiger partial charge is 0.149 e. The van der Waals surface area contributed by atoms with Crippen LogP contribution in [-0.4, -0.2) is 17.1 Å².